The molecule has 0 saturated heterocycles. The van der Waals surface area contributed by atoms with Crippen LogP contribution >= 0.6 is 0 Å². The lowest BCUT2D eigenvalue weighted by atomic mass is 10.2. The van der Waals surface area contributed by atoms with Crippen molar-refractivity contribution < 1.29 is 9.22 Å². The second-order valence-electron chi connectivity index (χ2n) is 7.16. The maximum atomic E-state index is 10.7. The molecule has 0 heterocycles. The molecule has 0 aliphatic carbocycles. The maximum Gasteiger partial charge on any atom is 0.261 e. The summed E-state index contributed by atoms with van der Waals surface area (Å²) in [6.45, 7) is 9.20. The van der Waals surface area contributed by atoms with Gasteiger partial charge in [0.2, 0.25) is 6.41 Å². The van der Waals surface area contributed by atoms with Gasteiger partial charge in [-0.2, -0.15) is 0 Å². The van der Waals surface area contributed by atoms with Gasteiger partial charge in [-0.05, 0) is 22.3 Å². The van der Waals surface area contributed by atoms with Crippen LogP contribution in [-0.2, 0) is 9.22 Å². The van der Waals surface area contributed by atoms with E-state index in [1.807, 2.05) is 19.1 Å². The van der Waals surface area contributed by atoms with Gasteiger partial charge in [-0.25, -0.2) is 0 Å². The summed E-state index contributed by atoms with van der Waals surface area (Å²) in [7, 11) is -2.50. The van der Waals surface area contributed by atoms with E-state index in [4.69, 9.17) is 4.43 Å². The molecule has 2 rings (SSSR count). The molecule has 0 saturated carbocycles. The topological polar surface area (TPSA) is 38.3 Å². The Labute approximate surface area is 146 Å². The molecule has 0 spiro atoms. The Kier molecular flexibility index (Phi) is 5.97. The van der Waals surface area contributed by atoms with Crippen LogP contribution in [0.5, 0.6) is 0 Å². The highest BCUT2D eigenvalue weighted by Gasteiger charge is 2.50. The zero-order chi connectivity index (χ0) is 17.6. The van der Waals surface area contributed by atoms with Gasteiger partial charge in [-0.1, -0.05) is 81.4 Å². The third kappa shape index (κ3) is 3.76. The van der Waals surface area contributed by atoms with Gasteiger partial charge in [0.05, 0.1) is 6.61 Å². The van der Waals surface area contributed by atoms with Crippen molar-refractivity contribution in [1.82, 2.24) is 5.32 Å². The molecule has 2 aromatic rings. The van der Waals surface area contributed by atoms with Crippen LogP contribution < -0.4 is 15.7 Å². The van der Waals surface area contributed by atoms with Crippen LogP contribution in [-0.4, -0.2) is 27.4 Å². The molecule has 0 aliphatic heterocycles. The Morgan fingerprint density at radius 2 is 1.46 bits per heavy atom. The average Bonchev–Trinajstić information content (AvgIpc) is 2.56. The molecular weight excluding hydrogens is 314 g/mol. The number of rotatable bonds is 7. The molecule has 0 bridgehead atoms. The number of hydrogen-bond acceptors (Lipinski definition) is 2. The lowest BCUT2D eigenvalue weighted by Gasteiger charge is -2.43. The minimum absolute atomic E-state index is 0.0239. The average molecular weight is 342 g/mol. The van der Waals surface area contributed by atoms with Gasteiger partial charge in [0.25, 0.3) is 8.32 Å². The fourth-order valence-electron chi connectivity index (χ4n) is 3.18. The Morgan fingerprint density at radius 3 is 1.83 bits per heavy atom. The zero-order valence-corrected chi connectivity index (χ0v) is 16.0. The molecular formula is C20H27NO2Si. The summed E-state index contributed by atoms with van der Waals surface area (Å²) in [5.41, 5.74) is 0. The number of carbonyl (C=O) groups excluding carboxylic acids is 1. The highest BCUT2D eigenvalue weighted by atomic mass is 28.4. The highest BCUT2D eigenvalue weighted by molar-refractivity contribution is 6.99. The van der Waals surface area contributed by atoms with E-state index < -0.39 is 8.32 Å². The lowest BCUT2D eigenvalue weighted by Crippen LogP contribution is -2.67. The number of nitrogens with one attached hydrogen (secondary N) is 1. The van der Waals surface area contributed by atoms with Crippen molar-refractivity contribution in [3.63, 3.8) is 0 Å². The van der Waals surface area contributed by atoms with Crippen LogP contribution in [0, 0.1) is 0 Å². The summed E-state index contributed by atoms with van der Waals surface area (Å²) in [5, 5.41) is 5.25. The summed E-state index contributed by atoms with van der Waals surface area (Å²) < 4.78 is 6.70. The van der Waals surface area contributed by atoms with Gasteiger partial charge >= 0.3 is 0 Å². The molecule has 0 fully saturated rings. The molecule has 1 amide bonds. The molecule has 24 heavy (non-hydrogen) atoms. The molecule has 1 N–H and O–H groups in total. The summed E-state index contributed by atoms with van der Waals surface area (Å²) in [6.07, 6.45) is 0.736. The Morgan fingerprint density at radius 1 is 1.00 bits per heavy atom. The highest BCUT2D eigenvalue weighted by Crippen LogP contribution is 2.36. The van der Waals surface area contributed by atoms with Gasteiger partial charge in [0.1, 0.15) is 0 Å². The third-order valence-corrected chi connectivity index (χ3v) is 9.32. The fraction of sp³-hybridized carbons (Fsp3) is 0.350. The predicted molar refractivity (Wildman–Crippen MR) is 102 cm³/mol. The number of hydrogen-bond donors (Lipinski definition) is 1. The second-order valence-corrected chi connectivity index (χ2v) is 11.5. The van der Waals surface area contributed by atoms with Crippen molar-refractivity contribution in [3.8, 4) is 0 Å². The number of amides is 1. The van der Waals surface area contributed by atoms with Crippen molar-refractivity contribution in [3.05, 3.63) is 60.7 Å². The predicted octanol–water partition coefficient (Wildman–Crippen LogP) is 2.70. The second kappa shape index (κ2) is 7.77. The summed E-state index contributed by atoms with van der Waals surface area (Å²) in [4.78, 5) is 10.7. The van der Waals surface area contributed by atoms with E-state index in [0.717, 1.165) is 6.41 Å². The fourth-order valence-corrected chi connectivity index (χ4v) is 7.83. The first-order valence-corrected chi connectivity index (χ1v) is 10.3. The van der Waals surface area contributed by atoms with Crippen LogP contribution in [0.3, 0.4) is 0 Å². The molecule has 1 atom stereocenters. The van der Waals surface area contributed by atoms with Gasteiger partial charge in [-0.3, -0.25) is 4.79 Å². The standard InChI is InChI=1S/C20H27NO2Si/c1-17(21-16-22)15-23-24(20(2,3)4,18-11-7-5-8-12-18)19-13-9-6-10-14-19/h5-14,16-17H,15H2,1-4H3,(H,21,22)/t17-/m0/s1. The first-order valence-electron chi connectivity index (χ1n) is 8.36. The smallest absolute Gasteiger partial charge is 0.261 e. The van der Waals surface area contributed by atoms with Gasteiger partial charge in [0.15, 0.2) is 0 Å². The zero-order valence-electron chi connectivity index (χ0n) is 15.0. The first-order chi connectivity index (χ1) is 11.4. The van der Waals surface area contributed by atoms with Gasteiger partial charge in [-0.15, -0.1) is 0 Å². The van der Waals surface area contributed by atoms with E-state index in [9.17, 15) is 4.79 Å². The molecule has 4 heteroatoms. The Balaban J connectivity index is 2.55. The minimum Gasteiger partial charge on any atom is -0.405 e. The summed E-state index contributed by atoms with van der Waals surface area (Å²) in [6, 6.07) is 21.0. The van der Waals surface area contributed by atoms with Crippen LogP contribution in [0.2, 0.25) is 5.04 Å². The number of carbonyl (C=O) groups is 1. The van der Waals surface area contributed by atoms with Crippen molar-refractivity contribution in [2.24, 2.45) is 0 Å². The van der Waals surface area contributed by atoms with E-state index >= 15 is 0 Å². The Hall–Kier alpha value is -1.91. The van der Waals surface area contributed by atoms with E-state index in [1.54, 1.807) is 0 Å². The Bertz CT molecular complexity index is 598. The minimum atomic E-state index is -2.50. The molecule has 3 nitrogen and oxygen atoms in total. The molecule has 0 unspecified atom stereocenters. The van der Waals surface area contributed by atoms with Crippen LogP contribution in [0.1, 0.15) is 27.7 Å². The van der Waals surface area contributed by atoms with Crippen molar-refractivity contribution in [2.75, 3.05) is 6.61 Å². The first kappa shape index (κ1) is 18.4. The summed E-state index contributed by atoms with van der Waals surface area (Å²) >= 11 is 0. The van der Waals surface area contributed by atoms with Crippen LogP contribution in [0.25, 0.3) is 0 Å². The van der Waals surface area contributed by atoms with Crippen LogP contribution in [0.4, 0.5) is 0 Å². The molecule has 0 radical (unpaired) electrons. The molecule has 2 aromatic carbocycles. The van der Waals surface area contributed by atoms with E-state index in [0.29, 0.717) is 6.61 Å². The SMILES string of the molecule is C[C@@H](CO[Si](c1ccccc1)(c1ccccc1)C(C)(C)C)NC=O. The van der Waals surface area contributed by atoms with Gasteiger partial charge < -0.3 is 9.74 Å². The maximum absolute atomic E-state index is 10.7. The van der Waals surface area contributed by atoms with Crippen molar-refractivity contribution in [1.29, 1.82) is 0 Å². The summed E-state index contributed by atoms with van der Waals surface area (Å²) in [5.74, 6) is 0. The van der Waals surface area contributed by atoms with Crippen molar-refractivity contribution in [2.45, 2.75) is 38.8 Å². The molecule has 0 aromatic heterocycles. The van der Waals surface area contributed by atoms with E-state index in [2.05, 4.69) is 74.6 Å². The number of benzene rings is 2. The van der Waals surface area contributed by atoms with E-state index in [-0.39, 0.29) is 11.1 Å². The lowest BCUT2D eigenvalue weighted by molar-refractivity contribution is -0.110. The quantitative estimate of drug-likeness (QED) is 0.621. The molecule has 128 valence electrons. The third-order valence-electron chi connectivity index (χ3n) is 4.32. The monoisotopic (exact) mass is 341 g/mol. The van der Waals surface area contributed by atoms with E-state index in [1.165, 1.54) is 10.4 Å². The van der Waals surface area contributed by atoms with Gasteiger partial charge in [0, 0.05) is 6.04 Å². The molecule has 0 aliphatic rings. The van der Waals surface area contributed by atoms with Crippen molar-refractivity contribution >= 4 is 25.1 Å². The normalized spacial score (nSPS) is 13.3. The van der Waals surface area contributed by atoms with Crippen LogP contribution in [0.15, 0.2) is 60.7 Å². The largest absolute Gasteiger partial charge is 0.405 e.